The van der Waals surface area contributed by atoms with Crippen LogP contribution in [0.25, 0.3) is 0 Å². The Morgan fingerprint density at radius 2 is 2.22 bits per heavy atom. The fourth-order valence-electron chi connectivity index (χ4n) is 2.91. The maximum Gasteiger partial charge on any atom is 0.264 e. The standard InChI is InChI=1S/C17H22N4OS/c1-12-7-10-23-16(12)17(22)21-8-2-3-13(6-9-21)20-14-4-5-15(18)19-11-14/h4-5,7,10-11,13,20H,2-3,6,8-9H2,1H3,(H2,18,19)/t13-/m0/s1. The van der Waals surface area contributed by atoms with E-state index < -0.39 is 0 Å². The third-order valence-corrected chi connectivity index (χ3v) is 5.23. The number of aryl methyl sites for hydroxylation is 1. The predicted octanol–water partition coefficient (Wildman–Crippen LogP) is 3.14. The molecule has 0 spiro atoms. The van der Waals surface area contributed by atoms with Gasteiger partial charge in [0.05, 0.1) is 16.8 Å². The Hall–Kier alpha value is -2.08. The SMILES string of the molecule is Cc1ccsc1C(=O)N1CCC[C@H](Nc2ccc(N)nc2)CC1. The molecular weight excluding hydrogens is 308 g/mol. The molecule has 122 valence electrons. The van der Waals surface area contributed by atoms with Gasteiger partial charge in [0.1, 0.15) is 5.82 Å². The van der Waals surface area contributed by atoms with Crippen LogP contribution in [0.3, 0.4) is 0 Å². The Morgan fingerprint density at radius 3 is 2.91 bits per heavy atom. The van der Waals surface area contributed by atoms with Gasteiger partial charge in [-0.05, 0) is 55.3 Å². The number of carbonyl (C=O) groups is 1. The van der Waals surface area contributed by atoms with Crippen LogP contribution >= 0.6 is 11.3 Å². The minimum atomic E-state index is 0.173. The average molecular weight is 330 g/mol. The fraction of sp³-hybridized carbons (Fsp3) is 0.412. The van der Waals surface area contributed by atoms with E-state index in [9.17, 15) is 4.79 Å². The maximum absolute atomic E-state index is 12.6. The first-order valence-electron chi connectivity index (χ1n) is 7.95. The highest BCUT2D eigenvalue weighted by Gasteiger charge is 2.23. The van der Waals surface area contributed by atoms with Crippen LogP contribution in [0, 0.1) is 6.92 Å². The lowest BCUT2D eigenvalue weighted by atomic mass is 10.1. The normalized spacial score (nSPS) is 18.5. The van der Waals surface area contributed by atoms with Gasteiger partial charge in [0.2, 0.25) is 0 Å². The molecule has 1 fully saturated rings. The summed E-state index contributed by atoms with van der Waals surface area (Å²) in [5.74, 6) is 0.701. The molecule has 0 radical (unpaired) electrons. The Kier molecular flexibility index (Phi) is 4.81. The number of pyridine rings is 1. The molecule has 5 nitrogen and oxygen atoms in total. The highest BCUT2D eigenvalue weighted by molar-refractivity contribution is 7.12. The first-order chi connectivity index (χ1) is 11.1. The number of hydrogen-bond acceptors (Lipinski definition) is 5. The lowest BCUT2D eigenvalue weighted by Gasteiger charge is -2.21. The summed E-state index contributed by atoms with van der Waals surface area (Å²) in [4.78, 5) is 19.6. The van der Waals surface area contributed by atoms with Crippen molar-refractivity contribution in [3.63, 3.8) is 0 Å². The lowest BCUT2D eigenvalue weighted by molar-refractivity contribution is 0.0765. The number of nitrogens with zero attached hydrogens (tertiary/aromatic N) is 2. The second-order valence-electron chi connectivity index (χ2n) is 5.97. The molecule has 0 aromatic carbocycles. The monoisotopic (exact) mass is 330 g/mol. The zero-order valence-corrected chi connectivity index (χ0v) is 14.1. The molecule has 0 saturated carbocycles. The van der Waals surface area contributed by atoms with Gasteiger partial charge < -0.3 is 16.0 Å². The second kappa shape index (κ2) is 7.00. The van der Waals surface area contributed by atoms with Crippen LogP contribution < -0.4 is 11.1 Å². The Morgan fingerprint density at radius 1 is 1.35 bits per heavy atom. The maximum atomic E-state index is 12.6. The molecule has 1 aliphatic rings. The third kappa shape index (κ3) is 3.82. The fourth-order valence-corrected chi connectivity index (χ4v) is 3.80. The summed E-state index contributed by atoms with van der Waals surface area (Å²) < 4.78 is 0. The number of rotatable bonds is 3. The number of carbonyl (C=O) groups excluding carboxylic acids is 1. The summed E-state index contributed by atoms with van der Waals surface area (Å²) in [5.41, 5.74) is 7.67. The molecule has 1 atom stereocenters. The van der Waals surface area contributed by atoms with Gasteiger partial charge in [-0.25, -0.2) is 4.98 Å². The van der Waals surface area contributed by atoms with Crippen molar-refractivity contribution in [2.45, 2.75) is 32.2 Å². The lowest BCUT2D eigenvalue weighted by Crippen LogP contribution is -2.32. The summed E-state index contributed by atoms with van der Waals surface area (Å²) in [5, 5.41) is 5.49. The topological polar surface area (TPSA) is 71.2 Å². The van der Waals surface area contributed by atoms with E-state index in [1.807, 2.05) is 29.3 Å². The van der Waals surface area contributed by atoms with Gasteiger partial charge in [-0.2, -0.15) is 0 Å². The van der Waals surface area contributed by atoms with Crippen molar-refractivity contribution in [2.24, 2.45) is 0 Å². The number of anilines is 2. The molecular formula is C17H22N4OS. The molecule has 2 aromatic rings. The van der Waals surface area contributed by atoms with Crippen LogP contribution in [-0.2, 0) is 0 Å². The molecule has 6 heteroatoms. The number of amides is 1. The minimum absolute atomic E-state index is 0.173. The number of likely N-dealkylation sites (tertiary alicyclic amines) is 1. The molecule has 0 aliphatic carbocycles. The van der Waals surface area contributed by atoms with Crippen molar-refractivity contribution >= 4 is 28.7 Å². The number of thiophene rings is 1. The molecule has 23 heavy (non-hydrogen) atoms. The Balaban J connectivity index is 1.60. The summed E-state index contributed by atoms with van der Waals surface area (Å²) in [6, 6.07) is 6.12. The van der Waals surface area contributed by atoms with Gasteiger partial charge in [-0.3, -0.25) is 4.79 Å². The van der Waals surface area contributed by atoms with Crippen LogP contribution in [0.15, 0.2) is 29.8 Å². The molecule has 2 aromatic heterocycles. The molecule has 3 N–H and O–H groups in total. The van der Waals surface area contributed by atoms with Gasteiger partial charge in [0.15, 0.2) is 0 Å². The van der Waals surface area contributed by atoms with E-state index in [0.29, 0.717) is 11.9 Å². The van der Waals surface area contributed by atoms with E-state index in [0.717, 1.165) is 48.5 Å². The molecule has 3 rings (SSSR count). The van der Waals surface area contributed by atoms with Crippen molar-refractivity contribution in [3.05, 3.63) is 40.2 Å². The van der Waals surface area contributed by atoms with E-state index in [4.69, 9.17) is 5.73 Å². The summed E-state index contributed by atoms with van der Waals surface area (Å²) in [7, 11) is 0. The molecule has 0 unspecified atom stereocenters. The van der Waals surface area contributed by atoms with Crippen LogP contribution in [0.5, 0.6) is 0 Å². The predicted molar refractivity (Wildman–Crippen MR) is 94.9 cm³/mol. The van der Waals surface area contributed by atoms with Crippen molar-refractivity contribution in [3.8, 4) is 0 Å². The number of hydrogen-bond donors (Lipinski definition) is 2. The summed E-state index contributed by atoms with van der Waals surface area (Å²) in [6.07, 6.45) is 4.77. The van der Waals surface area contributed by atoms with E-state index in [1.165, 1.54) is 11.3 Å². The highest BCUT2D eigenvalue weighted by Crippen LogP contribution is 2.22. The number of nitrogen functional groups attached to an aromatic ring is 1. The molecule has 0 bridgehead atoms. The highest BCUT2D eigenvalue weighted by atomic mass is 32.1. The number of nitrogens with two attached hydrogens (primary N) is 1. The van der Waals surface area contributed by atoms with E-state index in [-0.39, 0.29) is 5.91 Å². The zero-order chi connectivity index (χ0) is 16.2. The van der Waals surface area contributed by atoms with E-state index >= 15 is 0 Å². The number of nitrogens with one attached hydrogen (secondary N) is 1. The first kappa shape index (κ1) is 15.8. The van der Waals surface area contributed by atoms with E-state index in [1.54, 1.807) is 12.3 Å². The third-order valence-electron chi connectivity index (χ3n) is 4.23. The van der Waals surface area contributed by atoms with Crippen molar-refractivity contribution < 1.29 is 4.79 Å². The summed E-state index contributed by atoms with van der Waals surface area (Å²) >= 11 is 1.54. The van der Waals surface area contributed by atoms with Gasteiger partial charge in [-0.15, -0.1) is 11.3 Å². The Bertz CT molecular complexity index is 667. The van der Waals surface area contributed by atoms with Crippen LogP contribution in [0.2, 0.25) is 0 Å². The second-order valence-corrected chi connectivity index (χ2v) is 6.88. The van der Waals surface area contributed by atoms with Gasteiger partial charge in [0, 0.05) is 19.1 Å². The average Bonchev–Trinajstić information content (AvgIpc) is 2.84. The van der Waals surface area contributed by atoms with Gasteiger partial charge in [-0.1, -0.05) is 0 Å². The van der Waals surface area contributed by atoms with Crippen LogP contribution in [0.4, 0.5) is 11.5 Å². The largest absolute Gasteiger partial charge is 0.384 e. The molecule has 1 amide bonds. The molecule has 3 heterocycles. The number of aromatic nitrogens is 1. The zero-order valence-electron chi connectivity index (χ0n) is 13.3. The minimum Gasteiger partial charge on any atom is -0.384 e. The Labute approximate surface area is 140 Å². The van der Waals surface area contributed by atoms with Crippen molar-refractivity contribution in [2.75, 3.05) is 24.1 Å². The van der Waals surface area contributed by atoms with E-state index in [2.05, 4.69) is 10.3 Å². The molecule has 1 aliphatic heterocycles. The van der Waals surface area contributed by atoms with Crippen LogP contribution in [0.1, 0.15) is 34.5 Å². The first-order valence-corrected chi connectivity index (χ1v) is 8.83. The summed E-state index contributed by atoms with van der Waals surface area (Å²) in [6.45, 7) is 3.62. The van der Waals surface area contributed by atoms with Crippen molar-refractivity contribution in [1.29, 1.82) is 0 Å². The quantitative estimate of drug-likeness (QED) is 0.907. The van der Waals surface area contributed by atoms with Crippen molar-refractivity contribution in [1.82, 2.24) is 9.88 Å². The van der Waals surface area contributed by atoms with Gasteiger partial charge in [0.25, 0.3) is 5.91 Å². The smallest absolute Gasteiger partial charge is 0.264 e. The molecule has 1 saturated heterocycles. The van der Waals surface area contributed by atoms with Gasteiger partial charge >= 0.3 is 0 Å². The van der Waals surface area contributed by atoms with Crippen LogP contribution in [-0.4, -0.2) is 34.9 Å².